The highest BCUT2D eigenvalue weighted by Gasteiger charge is 2.69. The van der Waals surface area contributed by atoms with Crippen LogP contribution in [0.1, 0.15) is 15.7 Å². The standard InChI is InChI=1S/C23H21ClN8S2/c1-10-8-33-22(27-10)23(9-25)13-6-32(7-14(13)23)16-5-26-19-18(30-31-21(19)29-16)12-3-4-15-20(17(12)24)34-11(2)28-15/h3-5,8,13-14H,6-7,9,25H2,1-2H3,(H,29,30,31)/t13-,14+,23?. The number of hydrogen-bond donors (Lipinski definition) is 2. The van der Waals surface area contributed by atoms with E-state index in [1.807, 2.05) is 32.2 Å². The fourth-order valence-electron chi connectivity index (χ4n) is 5.59. The van der Waals surface area contributed by atoms with Crippen molar-refractivity contribution in [2.75, 3.05) is 24.5 Å². The molecule has 5 heterocycles. The van der Waals surface area contributed by atoms with Gasteiger partial charge in [0.25, 0.3) is 0 Å². The maximum atomic E-state index is 6.75. The van der Waals surface area contributed by atoms with Crippen molar-refractivity contribution < 1.29 is 0 Å². The van der Waals surface area contributed by atoms with Gasteiger partial charge >= 0.3 is 0 Å². The third-order valence-corrected chi connectivity index (χ3v) is 10.0. The molecule has 8 nitrogen and oxygen atoms in total. The molecular formula is C23H21ClN8S2. The summed E-state index contributed by atoms with van der Waals surface area (Å²) in [6, 6.07) is 3.95. The van der Waals surface area contributed by atoms with E-state index in [0.717, 1.165) is 51.1 Å². The summed E-state index contributed by atoms with van der Waals surface area (Å²) in [5, 5.41) is 12.5. The molecule has 0 spiro atoms. The van der Waals surface area contributed by atoms with Crippen molar-refractivity contribution in [2.24, 2.45) is 17.6 Å². The topological polar surface area (TPSA) is 110 Å². The van der Waals surface area contributed by atoms with Gasteiger partial charge in [0, 0.05) is 41.7 Å². The van der Waals surface area contributed by atoms with E-state index in [4.69, 9.17) is 32.3 Å². The number of halogens is 1. The summed E-state index contributed by atoms with van der Waals surface area (Å²) >= 11 is 10.1. The van der Waals surface area contributed by atoms with E-state index in [0.29, 0.717) is 34.6 Å². The summed E-state index contributed by atoms with van der Waals surface area (Å²) in [5.74, 6) is 1.85. The van der Waals surface area contributed by atoms with E-state index < -0.39 is 0 Å². The fraction of sp³-hybridized carbons (Fsp3) is 0.348. The van der Waals surface area contributed by atoms with Crippen molar-refractivity contribution in [1.82, 2.24) is 30.1 Å². The zero-order chi connectivity index (χ0) is 23.2. The first-order valence-electron chi connectivity index (χ1n) is 11.1. The van der Waals surface area contributed by atoms with Gasteiger partial charge in [-0.1, -0.05) is 11.6 Å². The van der Waals surface area contributed by atoms with Crippen molar-refractivity contribution >= 4 is 61.5 Å². The molecule has 4 aromatic heterocycles. The van der Waals surface area contributed by atoms with Crippen molar-refractivity contribution in [2.45, 2.75) is 19.3 Å². The van der Waals surface area contributed by atoms with Gasteiger partial charge in [-0.3, -0.25) is 5.10 Å². The first-order chi connectivity index (χ1) is 16.5. The predicted molar refractivity (Wildman–Crippen MR) is 137 cm³/mol. The Balaban J connectivity index is 1.18. The Bertz CT molecular complexity index is 1570. The lowest BCUT2D eigenvalue weighted by molar-refractivity contribution is 0.549. The first kappa shape index (κ1) is 20.7. The zero-order valence-corrected chi connectivity index (χ0v) is 20.9. The number of hydrogen-bond acceptors (Lipinski definition) is 9. The number of nitrogens with zero attached hydrogens (tertiary/aromatic N) is 6. The summed E-state index contributed by atoms with van der Waals surface area (Å²) < 4.78 is 0.971. The number of aryl methyl sites for hydroxylation is 2. The molecule has 0 radical (unpaired) electrons. The highest BCUT2D eigenvalue weighted by Crippen LogP contribution is 2.63. The number of anilines is 1. The Morgan fingerprint density at radius 1 is 1.21 bits per heavy atom. The maximum Gasteiger partial charge on any atom is 0.202 e. The molecule has 1 aliphatic heterocycles. The monoisotopic (exact) mass is 508 g/mol. The van der Waals surface area contributed by atoms with Gasteiger partial charge in [0.15, 0.2) is 0 Å². The molecule has 1 saturated carbocycles. The number of rotatable bonds is 4. The molecule has 172 valence electrons. The third kappa shape index (κ3) is 2.76. The zero-order valence-electron chi connectivity index (χ0n) is 18.5. The second-order valence-corrected chi connectivity index (χ2v) is 11.6. The van der Waals surface area contributed by atoms with E-state index >= 15 is 0 Å². The molecule has 7 rings (SSSR count). The minimum Gasteiger partial charge on any atom is -0.355 e. The van der Waals surface area contributed by atoms with Gasteiger partial charge in [-0.15, -0.1) is 22.7 Å². The van der Waals surface area contributed by atoms with Crippen LogP contribution < -0.4 is 10.6 Å². The van der Waals surface area contributed by atoms with Crippen molar-refractivity contribution in [1.29, 1.82) is 0 Å². The number of piperidine rings is 1. The number of benzene rings is 1. The van der Waals surface area contributed by atoms with Crippen LogP contribution in [0.25, 0.3) is 32.6 Å². The van der Waals surface area contributed by atoms with Gasteiger partial charge in [-0.2, -0.15) is 5.10 Å². The second kappa shape index (κ2) is 7.17. The van der Waals surface area contributed by atoms with E-state index in [1.165, 1.54) is 5.01 Å². The van der Waals surface area contributed by atoms with Gasteiger partial charge in [-0.05, 0) is 37.8 Å². The van der Waals surface area contributed by atoms with E-state index in [2.05, 4.69) is 25.5 Å². The van der Waals surface area contributed by atoms with Crippen molar-refractivity contribution in [3.05, 3.63) is 44.4 Å². The number of H-pyrrole nitrogens is 1. The van der Waals surface area contributed by atoms with Crippen molar-refractivity contribution in [3.8, 4) is 11.3 Å². The summed E-state index contributed by atoms with van der Waals surface area (Å²) in [6.45, 7) is 6.48. The fourth-order valence-corrected chi connectivity index (χ4v) is 7.95. The molecule has 1 aromatic carbocycles. The number of aromatic amines is 1. The highest BCUT2D eigenvalue weighted by molar-refractivity contribution is 7.19. The Kier molecular flexibility index (Phi) is 4.37. The molecule has 11 heteroatoms. The minimum atomic E-state index is 0.0247. The molecule has 1 unspecified atom stereocenters. The molecule has 1 saturated heterocycles. The summed E-state index contributed by atoms with van der Waals surface area (Å²) in [6.07, 6.45) is 1.84. The quantitative estimate of drug-likeness (QED) is 0.372. The highest BCUT2D eigenvalue weighted by atomic mass is 35.5. The number of aromatic nitrogens is 6. The lowest BCUT2D eigenvalue weighted by Crippen LogP contribution is -2.35. The average molecular weight is 509 g/mol. The third-order valence-electron chi connectivity index (χ3n) is 7.34. The Morgan fingerprint density at radius 3 is 2.76 bits per heavy atom. The van der Waals surface area contributed by atoms with Crippen LogP contribution in [-0.4, -0.2) is 49.8 Å². The van der Waals surface area contributed by atoms with Crippen LogP contribution >= 0.6 is 34.3 Å². The molecule has 0 bridgehead atoms. The maximum absolute atomic E-state index is 6.75. The van der Waals surface area contributed by atoms with Gasteiger partial charge < -0.3 is 10.6 Å². The lowest BCUT2D eigenvalue weighted by Gasteiger charge is -2.25. The van der Waals surface area contributed by atoms with Crippen LogP contribution in [-0.2, 0) is 5.41 Å². The number of thiazole rings is 2. The SMILES string of the molecule is Cc1csc(C2(CN)[C@@H]3CN(c4cnc5c(-c6ccc7nc(C)sc7c6Cl)[nH]nc5n4)C[C@@H]32)n1. The van der Waals surface area contributed by atoms with Gasteiger partial charge in [0.2, 0.25) is 5.65 Å². The Labute approximate surface area is 208 Å². The normalized spacial score (nSPS) is 23.8. The van der Waals surface area contributed by atoms with Crippen LogP contribution in [0.3, 0.4) is 0 Å². The Morgan fingerprint density at radius 2 is 2.03 bits per heavy atom. The second-order valence-electron chi connectivity index (χ2n) is 9.16. The van der Waals surface area contributed by atoms with Gasteiger partial charge in [0.05, 0.1) is 32.1 Å². The smallest absolute Gasteiger partial charge is 0.202 e. The minimum absolute atomic E-state index is 0.0247. The summed E-state index contributed by atoms with van der Waals surface area (Å²) in [4.78, 5) is 21.2. The number of nitrogens with two attached hydrogens (primary N) is 1. The number of fused-ring (bicyclic) bond motifs is 3. The largest absolute Gasteiger partial charge is 0.355 e. The number of nitrogens with one attached hydrogen (secondary N) is 1. The average Bonchev–Trinajstić information content (AvgIpc) is 3.44. The van der Waals surface area contributed by atoms with Gasteiger partial charge in [-0.25, -0.2) is 19.9 Å². The molecule has 2 fully saturated rings. The van der Waals surface area contributed by atoms with Gasteiger partial charge in [0.1, 0.15) is 16.3 Å². The molecule has 2 aliphatic rings. The summed E-state index contributed by atoms with van der Waals surface area (Å²) in [5.41, 5.74) is 11.2. The summed E-state index contributed by atoms with van der Waals surface area (Å²) in [7, 11) is 0. The molecule has 34 heavy (non-hydrogen) atoms. The molecule has 1 aliphatic carbocycles. The van der Waals surface area contributed by atoms with Crippen molar-refractivity contribution in [3.63, 3.8) is 0 Å². The first-order valence-corrected chi connectivity index (χ1v) is 13.2. The van der Waals surface area contributed by atoms with Crippen LogP contribution in [0.4, 0.5) is 5.82 Å². The van der Waals surface area contributed by atoms with E-state index in [-0.39, 0.29) is 5.41 Å². The molecule has 5 aromatic rings. The molecule has 0 amide bonds. The molecular weight excluding hydrogens is 488 g/mol. The van der Waals surface area contributed by atoms with Crippen LogP contribution in [0.5, 0.6) is 0 Å². The molecule has 3 N–H and O–H groups in total. The Hall–Kier alpha value is -2.66. The van der Waals surface area contributed by atoms with Crippen LogP contribution in [0.15, 0.2) is 23.7 Å². The van der Waals surface area contributed by atoms with Crippen LogP contribution in [0.2, 0.25) is 5.02 Å². The van der Waals surface area contributed by atoms with Crippen LogP contribution in [0, 0.1) is 25.7 Å². The van der Waals surface area contributed by atoms with E-state index in [1.54, 1.807) is 22.7 Å². The molecule has 3 atom stereocenters. The van der Waals surface area contributed by atoms with E-state index in [9.17, 15) is 0 Å². The predicted octanol–water partition coefficient (Wildman–Crippen LogP) is 4.32. The lowest BCUT2D eigenvalue weighted by atomic mass is 10.0.